The van der Waals surface area contributed by atoms with Gasteiger partial charge in [-0.1, -0.05) is 22.9 Å². The monoisotopic (exact) mass is 249 g/mol. The van der Waals surface area contributed by atoms with Crippen molar-refractivity contribution in [3.05, 3.63) is 41.2 Å². The summed E-state index contributed by atoms with van der Waals surface area (Å²) in [4.78, 5) is 0. The summed E-state index contributed by atoms with van der Waals surface area (Å²) >= 11 is 5.66. The predicted octanol–water partition coefficient (Wildman–Crippen LogP) is 3.06. The van der Waals surface area contributed by atoms with Crippen LogP contribution in [0.1, 0.15) is 23.2 Å². The zero-order chi connectivity index (χ0) is 12.3. The highest BCUT2D eigenvalue weighted by Gasteiger charge is 2.05. The SMILES string of the molecule is Cc1ccc(-n2cc(CCCCl)nn2)c(C)c1. The largest absolute Gasteiger partial charge is 0.220 e. The second-order valence-electron chi connectivity index (χ2n) is 4.24. The van der Waals surface area contributed by atoms with Crippen LogP contribution in [0.5, 0.6) is 0 Å². The van der Waals surface area contributed by atoms with Crippen molar-refractivity contribution < 1.29 is 0 Å². The third-order valence-electron chi connectivity index (χ3n) is 2.71. The molecule has 2 aromatic rings. The first-order valence-electron chi connectivity index (χ1n) is 5.75. The van der Waals surface area contributed by atoms with Gasteiger partial charge in [-0.05, 0) is 38.3 Å². The molecule has 0 spiro atoms. The van der Waals surface area contributed by atoms with Crippen LogP contribution in [0, 0.1) is 13.8 Å². The molecule has 0 amide bonds. The van der Waals surface area contributed by atoms with Crippen molar-refractivity contribution in [2.24, 2.45) is 0 Å². The summed E-state index contributed by atoms with van der Waals surface area (Å²) in [5.41, 5.74) is 4.54. The number of aryl methyl sites for hydroxylation is 3. The number of benzene rings is 1. The highest BCUT2D eigenvalue weighted by Crippen LogP contribution is 2.15. The van der Waals surface area contributed by atoms with Crippen LogP contribution in [0.3, 0.4) is 0 Å². The average molecular weight is 250 g/mol. The Morgan fingerprint density at radius 3 is 2.82 bits per heavy atom. The van der Waals surface area contributed by atoms with Crippen LogP contribution in [0.15, 0.2) is 24.4 Å². The van der Waals surface area contributed by atoms with Gasteiger partial charge in [-0.25, -0.2) is 4.68 Å². The molecular formula is C13H16ClN3. The van der Waals surface area contributed by atoms with Crippen molar-refractivity contribution in [3.8, 4) is 5.69 Å². The molecule has 2 rings (SSSR count). The highest BCUT2D eigenvalue weighted by molar-refractivity contribution is 6.17. The maximum Gasteiger partial charge on any atom is 0.0832 e. The molecule has 0 fully saturated rings. The number of rotatable bonds is 4. The molecule has 0 N–H and O–H groups in total. The van der Waals surface area contributed by atoms with E-state index in [-0.39, 0.29) is 0 Å². The van der Waals surface area contributed by atoms with Gasteiger partial charge in [0.2, 0.25) is 0 Å². The van der Waals surface area contributed by atoms with E-state index < -0.39 is 0 Å². The minimum Gasteiger partial charge on any atom is -0.220 e. The summed E-state index contributed by atoms with van der Waals surface area (Å²) in [6.07, 6.45) is 3.80. The molecule has 1 heterocycles. The van der Waals surface area contributed by atoms with E-state index in [1.165, 1.54) is 11.1 Å². The predicted molar refractivity (Wildman–Crippen MR) is 69.9 cm³/mol. The summed E-state index contributed by atoms with van der Waals surface area (Å²) in [6, 6.07) is 6.31. The molecule has 0 bridgehead atoms. The number of nitrogens with zero attached hydrogens (tertiary/aromatic N) is 3. The Hall–Kier alpha value is -1.35. The first-order chi connectivity index (χ1) is 8.20. The lowest BCUT2D eigenvalue weighted by Crippen LogP contribution is -1.98. The van der Waals surface area contributed by atoms with Gasteiger partial charge in [0.25, 0.3) is 0 Å². The number of alkyl halides is 1. The van der Waals surface area contributed by atoms with Gasteiger partial charge >= 0.3 is 0 Å². The van der Waals surface area contributed by atoms with E-state index in [0.29, 0.717) is 5.88 Å². The second-order valence-corrected chi connectivity index (χ2v) is 4.61. The van der Waals surface area contributed by atoms with Crippen molar-refractivity contribution in [1.29, 1.82) is 0 Å². The summed E-state index contributed by atoms with van der Waals surface area (Å²) in [5, 5.41) is 8.30. The summed E-state index contributed by atoms with van der Waals surface area (Å²) in [6.45, 7) is 4.17. The van der Waals surface area contributed by atoms with Gasteiger partial charge in [-0.15, -0.1) is 16.7 Å². The van der Waals surface area contributed by atoms with Crippen molar-refractivity contribution in [3.63, 3.8) is 0 Å². The van der Waals surface area contributed by atoms with E-state index in [0.717, 1.165) is 24.2 Å². The Bertz CT molecular complexity index is 505. The lowest BCUT2D eigenvalue weighted by atomic mass is 10.1. The van der Waals surface area contributed by atoms with Gasteiger partial charge in [-0.2, -0.15) is 0 Å². The molecule has 0 saturated heterocycles. The van der Waals surface area contributed by atoms with E-state index in [1.54, 1.807) is 0 Å². The molecular weight excluding hydrogens is 234 g/mol. The maximum absolute atomic E-state index is 5.66. The smallest absolute Gasteiger partial charge is 0.0832 e. The molecule has 17 heavy (non-hydrogen) atoms. The Morgan fingerprint density at radius 1 is 1.29 bits per heavy atom. The van der Waals surface area contributed by atoms with Crippen molar-refractivity contribution in [2.75, 3.05) is 5.88 Å². The third-order valence-corrected chi connectivity index (χ3v) is 2.97. The lowest BCUT2D eigenvalue weighted by Gasteiger charge is -2.05. The molecule has 0 aliphatic heterocycles. The summed E-state index contributed by atoms with van der Waals surface area (Å²) in [7, 11) is 0. The molecule has 3 nitrogen and oxygen atoms in total. The number of hydrogen-bond acceptors (Lipinski definition) is 2. The Labute approximate surface area is 106 Å². The summed E-state index contributed by atoms with van der Waals surface area (Å²) in [5.74, 6) is 0.663. The normalized spacial score (nSPS) is 10.8. The quantitative estimate of drug-likeness (QED) is 0.780. The van der Waals surface area contributed by atoms with E-state index in [4.69, 9.17) is 11.6 Å². The molecule has 1 aromatic carbocycles. The third kappa shape index (κ3) is 2.86. The Kier molecular flexibility index (Phi) is 3.79. The lowest BCUT2D eigenvalue weighted by molar-refractivity contribution is 0.788. The number of aromatic nitrogens is 3. The first kappa shape index (κ1) is 12.1. The van der Waals surface area contributed by atoms with Crippen LogP contribution in [-0.4, -0.2) is 20.9 Å². The molecule has 0 unspecified atom stereocenters. The molecule has 1 aromatic heterocycles. The van der Waals surface area contributed by atoms with Gasteiger partial charge in [0.05, 0.1) is 17.6 Å². The zero-order valence-corrected chi connectivity index (χ0v) is 10.9. The Balaban J connectivity index is 2.24. The first-order valence-corrected chi connectivity index (χ1v) is 6.29. The fourth-order valence-corrected chi connectivity index (χ4v) is 1.97. The van der Waals surface area contributed by atoms with Gasteiger partial charge in [0.15, 0.2) is 0 Å². The van der Waals surface area contributed by atoms with E-state index in [1.807, 2.05) is 10.9 Å². The van der Waals surface area contributed by atoms with Crippen molar-refractivity contribution in [1.82, 2.24) is 15.0 Å². The van der Waals surface area contributed by atoms with Crippen LogP contribution in [0.4, 0.5) is 0 Å². The van der Waals surface area contributed by atoms with Gasteiger partial charge in [0.1, 0.15) is 0 Å². The zero-order valence-electron chi connectivity index (χ0n) is 10.2. The molecule has 0 saturated carbocycles. The fourth-order valence-electron chi connectivity index (χ4n) is 1.84. The van der Waals surface area contributed by atoms with Crippen LogP contribution in [0.25, 0.3) is 5.69 Å². The Morgan fingerprint density at radius 2 is 2.12 bits per heavy atom. The van der Waals surface area contributed by atoms with Crippen LogP contribution in [0.2, 0.25) is 0 Å². The minimum atomic E-state index is 0.663. The van der Waals surface area contributed by atoms with Crippen LogP contribution >= 0.6 is 11.6 Å². The van der Waals surface area contributed by atoms with Gasteiger partial charge in [-0.3, -0.25) is 0 Å². The molecule has 4 heteroatoms. The molecule has 0 atom stereocenters. The average Bonchev–Trinajstić information content (AvgIpc) is 2.75. The van der Waals surface area contributed by atoms with Crippen LogP contribution < -0.4 is 0 Å². The van der Waals surface area contributed by atoms with E-state index >= 15 is 0 Å². The number of hydrogen-bond donors (Lipinski definition) is 0. The van der Waals surface area contributed by atoms with Gasteiger partial charge < -0.3 is 0 Å². The fraction of sp³-hybridized carbons (Fsp3) is 0.385. The van der Waals surface area contributed by atoms with Crippen LogP contribution in [-0.2, 0) is 6.42 Å². The second kappa shape index (κ2) is 5.32. The van der Waals surface area contributed by atoms with E-state index in [9.17, 15) is 0 Å². The van der Waals surface area contributed by atoms with E-state index in [2.05, 4.69) is 42.4 Å². The van der Waals surface area contributed by atoms with Crippen molar-refractivity contribution >= 4 is 11.6 Å². The van der Waals surface area contributed by atoms with Crippen molar-refractivity contribution in [2.45, 2.75) is 26.7 Å². The highest BCUT2D eigenvalue weighted by atomic mass is 35.5. The molecule has 0 radical (unpaired) electrons. The maximum atomic E-state index is 5.66. The summed E-state index contributed by atoms with van der Waals surface area (Å²) < 4.78 is 1.83. The molecule has 90 valence electrons. The standard InChI is InChI=1S/C13H16ClN3/c1-10-5-6-13(11(2)8-10)17-9-12(15-16-17)4-3-7-14/h5-6,8-9H,3-4,7H2,1-2H3. The molecule has 0 aliphatic rings. The topological polar surface area (TPSA) is 30.7 Å². The number of halogens is 1. The van der Waals surface area contributed by atoms with Gasteiger partial charge in [0, 0.05) is 5.88 Å². The minimum absolute atomic E-state index is 0.663. The molecule has 0 aliphatic carbocycles.